The Morgan fingerprint density at radius 3 is 2.41 bits per heavy atom. The molecule has 1 saturated heterocycles. The van der Waals surface area contributed by atoms with E-state index in [-0.39, 0.29) is 6.09 Å². The third kappa shape index (κ3) is 7.45. The molecule has 4 rings (SSSR count). The molecule has 3 aromatic rings. The molecule has 0 radical (unpaired) electrons. The second kappa shape index (κ2) is 11.8. The number of pyridine rings is 1. The first-order chi connectivity index (χ1) is 18.6. The summed E-state index contributed by atoms with van der Waals surface area (Å²) in [5, 5.41) is 11.9. The van der Waals surface area contributed by atoms with E-state index in [4.69, 9.17) is 14.7 Å². The first kappa shape index (κ1) is 27.4. The Hall–Kier alpha value is -4.65. The van der Waals surface area contributed by atoms with Gasteiger partial charge in [-0.1, -0.05) is 0 Å². The molecule has 0 atom stereocenters. The number of carbonyl (C=O) groups excluding carboxylic acids is 1. The van der Waals surface area contributed by atoms with E-state index in [2.05, 4.69) is 25.2 Å². The Balaban J connectivity index is 1.36. The maximum absolute atomic E-state index is 12.3. The Morgan fingerprint density at radius 1 is 1.08 bits per heavy atom. The van der Waals surface area contributed by atoms with Crippen LogP contribution in [0.5, 0.6) is 11.6 Å². The van der Waals surface area contributed by atoms with Crippen LogP contribution >= 0.6 is 0 Å². The van der Waals surface area contributed by atoms with Crippen LogP contribution in [0.15, 0.2) is 48.8 Å². The van der Waals surface area contributed by atoms with Crippen LogP contribution in [0.4, 0.5) is 22.2 Å². The lowest BCUT2D eigenvalue weighted by Gasteiger charge is -2.36. The van der Waals surface area contributed by atoms with Crippen LogP contribution in [0.3, 0.4) is 0 Å². The third-order valence-electron chi connectivity index (χ3n) is 5.93. The maximum Gasteiger partial charge on any atom is 0.410 e. The summed E-state index contributed by atoms with van der Waals surface area (Å²) in [6, 6.07) is 11.5. The fourth-order valence-electron chi connectivity index (χ4n) is 4.16. The number of carbonyl (C=O) groups is 1. The van der Waals surface area contributed by atoms with Crippen molar-refractivity contribution in [2.75, 3.05) is 36.4 Å². The van der Waals surface area contributed by atoms with Crippen LogP contribution in [-0.4, -0.2) is 57.7 Å². The summed E-state index contributed by atoms with van der Waals surface area (Å²) in [6.45, 7) is 12.0. The first-order valence-corrected chi connectivity index (χ1v) is 12.8. The summed E-state index contributed by atoms with van der Waals surface area (Å²) in [4.78, 5) is 29.6. The number of allylic oxidation sites excluding steroid dienone is 1. The van der Waals surface area contributed by atoms with E-state index in [0.717, 1.165) is 28.2 Å². The maximum atomic E-state index is 12.3. The summed E-state index contributed by atoms with van der Waals surface area (Å²) in [6.07, 6.45) is 6.29. The number of hydrogen-bond acceptors (Lipinski definition) is 9. The van der Waals surface area contributed by atoms with Crippen molar-refractivity contribution >= 4 is 29.6 Å². The zero-order chi connectivity index (χ0) is 28.0. The standard InChI is InChI=1S/C29H33N7O3/c1-20-17-22(7-6-11-30)18-21(2)26(20)38-25-10-12-31-27(34-25)33-23-8-9-24(32-19-23)35-13-15-36(16-14-35)28(37)39-29(3,4)5/h6-10,12,17-19H,13-16H2,1-5H3,(H,31,33,34). The molecule has 1 aromatic carbocycles. The van der Waals surface area contributed by atoms with E-state index in [1.807, 2.05) is 65.0 Å². The number of piperazine rings is 1. The van der Waals surface area contributed by atoms with Crippen molar-refractivity contribution in [1.82, 2.24) is 19.9 Å². The summed E-state index contributed by atoms with van der Waals surface area (Å²) < 4.78 is 11.6. The predicted molar refractivity (Wildman–Crippen MR) is 150 cm³/mol. The van der Waals surface area contributed by atoms with E-state index in [9.17, 15) is 4.79 Å². The van der Waals surface area contributed by atoms with Gasteiger partial charge < -0.3 is 24.6 Å². The molecule has 1 amide bonds. The lowest BCUT2D eigenvalue weighted by atomic mass is 10.1. The summed E-state index contributed by atoms with van der Waals surface area (Å²) >= 11 is 0. The van der Waals surface area contributed by atoms with Crippen molar-refractivity contribution in [3.05, 3.63) is 65.5 Å². The highest BCUT2D eigenvalue weighted by atomic mass is 16.6. The summed E-state index contributed by atoms with van der Waals surface area (Å²) in [7, 11) is 0. The molecule has 1 aliphatic heterocycles. The first-order valence-electron chi connectivity index (χ1n) is 12.8. The van der Waals surface area contributed by atoms with Crippen molar-refractivity contribution in [1.29, 1.82) is 5.26 Å². The molecule has 2 aromatic heterocycles. The molecule has 10 heteroatoms. The summed E-state index contributed by atoms with van der Waals surface area (Å²) in [5.74, 6) is 2.34. The van der Waals surface area contributed by atoms with Crippen LogP contribution in [-0.2, 0) is 4.74 Å². The van der Waals surface area contributed by atoms with Crippen LogP contribution in [0.25, 0.3) is 6.08 Å². The minimum atomic E-state index is -0.506. The van der Waals surface area contributed by atoms with Gasteiger partial charge in [-0.15, -0.1) is 0 Å². The molecule has 202 valence electrons. The molecule has 1 N–H and O–H groups in total. The number of benzene rings is 1. The zero-order valence-corrected chi connectivity index (χ0v) is 22.9. The molecular weight excluding hydrogens is 494 g/mol. The van der Waals surface area contributed by atoms with Gasteiger partial charge in [0.05, 0.1) is 18.0 Å². The highest BCUT2D eigenvalue weighted by Gasteiger charge is 2.26. The molecule has 0 unspecified atom stereocenters. The van der Waals surface area contributed by atoms with E-state index in [1.54, 1.807) is 29.4 Å². The molecule has 1 fully saturated rings. The molecule has 0 bridgehead atoms. The predicted octanol–water partition coefficient (Wildman–Crippen LogP) is 5.62. The van der Waals surface area contributed by atoms with E-state index < -0.39 is 5.60 Å². The van der Waals surface area contributed by atoms with Gasteiger partial charge in [-0.05, 0) is 81.7 Å². The van der Waals surface area contributed by atoms with Crippen molar-refractivity contribution in [2.24, 2.45) is 0 Å². The average molecular weight is 528 g/mol. The molecular formula is C29H33N7O3. The van der Waals surface area contributed by atoms with Crippen LogP contribution in [0.1, 0.15) is 37.5 Å². The third-order valence-corrected chi connectivity index (χ3v) is 5.93. The van der Waals surface area contributed by atoms with Gasteiger partial charge in [0, 0.05) is 44.5 Å². The van der Waals surface area contributed by atoms with Gasteiger partial charge in [-0.25, -0.2) is 14.8 Å². The van der Waals surface area contributed by atoms with Crippen molar-refractivity contribution < 1.29 is 14.3 Å². The highest BCUT2D eigenvalue weighted by Crippen LogP contribution is 2.30. The van der Waals surface area contributed by atoms with Gasteiger partial charge in [-0.3, -0.25) is 0 Å². The minimum absolute atomic E-state index is 0.282. The topological polar surface area (TPSA) is 117 Å². The molecule has 0 saturated carbocycles. The SMILES string of the molecule is Cc1cc(C=CC#N)cc(C)c1Oc1ccnc(Nc2ccc(N3CCN(C(=O)OC(C)(C)C)CC3)nc2)n1. The van der Waals surface area contributed by atoms with Crippen LogP contribution in [0.2, 0.25) is 0 Å². The van der Waals surface area contributed by atoms with Gasteiger partial charge in [0.2, 0.25) is 11.8 Å². The zero-order valence-electron chi connectivity index (χ0n) is 22.9. The highest BCUT2D eigenvalue weighted by molar-refractivity contribution is 5.68. The molecule has 39 heavy (non-hydrogen) atoms. The number of amides is 1. The monoisotopic (exact) mass is 527 g/mol. The lowest BCUT2D eigenvalue weighted by molar-refractivity contribution is 0.0240. The van der Waals surface area contributed by atoms with Gasteiger partial charge in [0.1, 0.15) is 17.2 Å². The number of hydrogen-bond donors (Lipinski definition) is 1. The van der Waals surface area contributed by atoms with E-state index in [1.165, 1.54) is 6.08 Å². The Labute approximate surface area is 228 Å². The quantitative estimate of drug-likeness (QED) is 0.408. The van der Waals surface area contributed by atoms with Gasteiger partial charge >= 0.3 is 6.09 Å². The van der Waals surface area contributed by atoms with Gasteiger partial charge in [0.25, 0.3) is 0 Å². The van der Waals surface area contributed by atoms with Crippen molar-refractivity contribution in [3.8, 4) is 17.7 Å². The van der Waals surface area contributed by atoms with Crippen molar-refractivity contribution in [3.63, 3.8) is 0 Å². The number of nitrogens with one attached hydrogen (secondary N) is 1. The number of ether oxygens (including phenoxy) is 2. The number of anilines is 3. The molecule has 0 aliphatic carbocycles. The second-order valence-corrected chi connectivity index (χ2v) is 10.3. The lowest BCUT2D eigenvalue weighted by Crippen LogP contribution is -2.50. The minimum Gasteiger partial charge on any atom is -0.444 e. The Bertz CT molecular complexity index is 1360. The number of nitrogens with zero attached hydrogens (tertiary/aromatic N) is 6. The van der Waals surface area contributed by atoms with Gasteiger partial charge in [-0.2, -0.15) is 10.2 Å². The normalized spacial score (nSPS) is 13.7. The molecule has 3 heterocycles. The fourth-order valence-corrected chi connectivity index (χ4v) is 4.16. The number of aryl methyl sites for hydroxylation is 2. The van der Waals surface area contributed by atoms with E-state index in [0.29, 0.717) is 43.8 Å². The Kier molecular flexibility index (Phi) is 8.30. The van der Waals surface area contributed by atoms with Crippen LogP contribution in [0, 0.1) is 25.2 Å². The summed E-state index contributed by atoms with van der Waals surface area (Å²) in [5.41, 5.74) is 3.04. The second-order valence-electron chi connectivity index (χ2n) is 10.3. The number of nitriles is 1. The fraction of sp³-hybridized carbons (Fsp3) is 0.345. The Morgan fingerprint density at radius 2 is 1.79 bits per heavy atom. The largest absolute Gasteiger partial charge is 0.444 e. The molecule has 10 nitrogen and oxygen atoms in total. The average Bonchev–Trinajstić information content (AvgIpc) is 2.89. The molecule has 1 aliphatic rings. The smallest absolute Gasteiger partial charge is 0.410 e. The van der Waals surface area contributed by atoms with E-state index >= 15 is 0 Å². The molecule has 0 spiro atoms. The van der Waals surface area contributed by atoms with Gasteiger partial charge in [0.15, 0.2) is 0 Å². The number of rotatable bonds is 6. The van der Waals surface area contributed by atoms with Crippen LogP contribution < -0.4 is 15.0 Å². The van der Waals surface area contributed by atoms with Crippen molar-refractivity contribution in [2.45, 2.75) is 40.2 Å². The number of aromatic nitrogens is 3.